The number of benzene rings is 1. The minimum atomic E-state index is 0.657. The third-order valence-corrected chi connectivity index (χ3v) is 3.11. The predicted octanol–water partition coefficient (Wildman–Crippen LogP) is 3.77. The SMILES string of the molecule is Nc1ccc(Oc2cccnc2)c2ncc(Br)cc12. The Bertz CT molecular complexity index is 731. The number of fused-ring (bicyclic) bond motifs is 1. The van der Waals surface area contributed by atoms with Crippen LogP contribution in [0.3, 0.4) is 0 Å². The summed E-state index contributed by atoms with van der Waals surface area (Å²) in [6.45, 7) is 0. The summed E-state index contributed by atoms with van der Waals surface area (Å²) in [4.78, 5) is 8.38. The second kappa shape index (κ2) is 4.85. The Morgan fingerprint density at radius 1 is 1.16 bits per heavy atom. The highest BCUT2D eigenvalue weighted by Crippen LogP contribution is 2.32. The summed E-state index contributed by atoms with van der Waals surface area (Å²) in [5, 5.41) is 0.857. The lowest BCUT2D eigenvalue weighted by molar-refractivity contribution is 0.485. The molecule has 3 aromatic rings. The Morgan fingerprint density at radius 2 is 2.05 bits per heavy atom. The first-order valence-electron chi connectivity index (χ1n) is 5.65. The number of rotatable bonds is 2. The largest absolute Gasteiger partial charge is 0.453 e. The molecular formula is C14H10BrN3O. The maximum absolute atomic E-state index is 5.96. The van der Waals surface area contributed by atoms with Crippen LogP contribution in [0.25, 0.3) is 10.9 Å². The number of aromatic nitrogens is 2. The lowest BCUT2D eigenvalue weighted by Crippen LogP contribution is -1.93. The second-order valence-corrected chi connectivity index (χ2v) is 4.91. The number of nitrogens with zero attached hydrogens (tertiary/aromatic N) is 2. The molecule has 0 spiro atoms. The van der Waals surface area contributed by atoms with Crippen LogP contribution in [0.2, 0.25) is 0 Å². The molecule has 0 fully saturated rings. The van der Waals surface area contributed by atoms with Crippen molar-refractivity contribution in [1.29, 1.82) is 0 Å². The van der Waals surface area contributed by atoms with E-state index in [1.807, 2.05) is 30.3 Å². The number of nitrogens with two attached hydrogens (primary N) is 1. The van der Waals surface area contributed by atoms with Crippen molar-refractivity contribution in [2.45, 2.75) is 0 Å². The molecule has 0 amide bonds. The maximum atomic E-state index is 5.96. The minimum absolute atomic E-state index is 0.657. The average molecular weight is 316 g/mol. The molecule has 94 valence electrons. The van der Waals surface area contributed by atoms with Gasteiger partial charge < -0.3 is 10.5 Å². The highest BCUT2D eigenvalue weighted by molar-refractivity contribution is 9.10. The molecule has 0 unspecified atom stereocenters. The molecule has 2 aromatic heterocycles. The van der Waals surface area contributed by atoms with Crippen molar-refractivity contribution < 1.29 is 4.74 Å². The zero-order chi connectivity index (χ0) is 13.2. The van der Waals surface area contributed by atoms with E-state index >= 15 is 0 Å². The zero-order valence-corrected chi connectivity index (χ0v) is 11.5. The lowest BCUT2D eigenvalue weighted by atomic mass is 10.1. The fraction of sp³-hybridized carbons (Fsp3) is 0. The van der Waals surface area contributed by atoms with Crippen molar-refractivity contribution in [3.8, 4) is 11.5 Å². The molecule has 1 aromatic carbocycles. The first kappa shape index (κ1) is 11.9. The standard InChI is InChI=1S/C14H10BrN3O/c15-9-6-11-12(16)3-4-13(14(11)18-7-9)19-10-2-1-5-17-8-10/h1-8H,16H2. The van der Waals surface area contributed by atoms with Crippen LogP contribution >= 0.6 is 15.9 Å². The van der Waals surface area contributed by atoms with Crippen LogP contribution in [0, 0.1) is 0 Å². The summed E-state index contributed by atoms with van der Waals surface area (Å²) in [5.41, 5.74) is 7.36. The number of pyridine rings is 2. The summed E-state index contributed by atoms with van der Waals surface area (Å²) < 4.78 is 6.67. The topological polar surface area (TPSA) is 61.0 Å². The first-order chi connectivity index (χ1) is 9.24. The molecule has 0 saturated carbocycles. The van der Waals surface area contributed by atoms with Gasteiger partial charge in [0.15, 0.2) is 5.75 Å². The van der Waals surface area contributed by atoms with Crippen molar-refractivity contribution in [2.24, 2.45) is 0 Å². The smallest absolute Gasteiger partial charge is 0.153 e. The van der Waals surface area contributed by atoms with Crippen LogP contribution in [0.1, 0.15) is 0 Å². The Balaban J connectivity index is 2.12. The van der Waals surface area contributed by atoms with Crippen LogP contribution in [0.5, 0.6) is 11.5 Å². The quantitative estimate of drug-likeness (QED) is 0.731. The van der Waals surface area contributed by atoms with Gasteiger partial charge in [0.2, 0.25) is 0 Å². The van der Waals surface area contributed by atoms with Gasteiger partial charge in [-0.1, -0.05) is 0 Å². The number of anilines is 1. The fourth-order valence-corrected chi connectivity index (χ4v) is 2.14. The number of hydrogen-bond donors (Lipinski definition) is 1. The Morgan fingerprint density at radius 3 is 2.84 bits per heavy atom. The molecule has 0 aliphatic rings. The normalized spacial score (nSPS) is 10.6. The fourth-order valence-electron chi connectivity index (χ4n) is 1.81. The molecular weight excluding hydrogens is 306 g/mol. The third-order valence-electron chi connectivity index (χ3n) is 2.68. The van der Waals surface area contributed by atoms with Gasteiger partial charge in [-0.25, -0.2) is 0 Å². The Hall–Kier alpha value is -2.14. The van der Waals surface area contributed by atoms with Crippen LogP contribution in [0.4, 0.5) is 5.69 Å². The van der Waals surface area contributed by atoms with Crippen LogP contribution in [-0.2, 0) is 0 Å². The molecule has 0 saturated heterocycles. The molecule has 5 heteroatoms. The van der Waals surface area contributed by atoms with E-state index in [9.17, 15) is 0 Å². The van der Waals surface area contributed by atoms with E-state index in [2.05, 4.69) is 25.9 Å². The molecule has 4 nitrogen and oxygen atoms in total. The zero-order valence-electron chi connectivity index (χ0n) is 9.88. The van der Waals surface area contributed by atoms with E-state index < -0.39 is 0 Å². The Kier molecular flexibility index (Phi) is 3.05. The molecule has 0 bridgehead atoms. The number of hydrogen-bond acceptors (Lipinski definition) is 4. The van der Waals surface area contributed by atoms with Gasteiger partial charge in [0.25, 0.3) is 0 Å². The molecule has 19 heavy (non-hydrogen) atoms. The van der Waals surface area contributed by atoms with Crippen molar-refractivity contribution in [3.05, 3.63) is 53.4 Å². The highest BCUT2D eigenvalue weighted by atomic mass is 79.9. The predicted molar refractivity (Wildman–Crippen MR) is 78.2 cm³/mol. The molecule has 2 heterocycles. The van der Waals surface area contributed by atoms with Crippen molar-refractivity contribution in [2.75, 3.05) is 5.73 Å². The summed E-state index contributed by atoms with van der Waals surface area (Å²) in [6.07, 6.45) is 5.07. The van der Waals surface area contributed by atoms with E-state index in [1.165, 1.54) is 0 Å². The van der Waals surface area contributed by atoms with Gasteiger partial charge in [-0.05, 0) is 46.3 Å². The van der Waals surface area contributed by atoms with E-state index in [-0.39, 0.29) is 0 Å². The summed E-state index contributed by atoms with van der Waals surface area (Å²) in [6, 6.07) is 9.20. The average Bonchev–Trinajstić information content (AvgIpc) is 2.43. The highest BCUT2D eigenvalue weighted by Gasteiger charge is 2.08. The minimum Gasteiger partial charge on any atom is -0.453 e. The summed E-state index contributed by atoms with van der Waals surface area (Å²) >= 11 is 3.39. The van der Waals surface area contributed by atoms with Crippen LogP contribution in [0.15, 0.2) is 53.4 Å². The number of ether oxygens (including phenoxy) is 1. The maximum Gasteiger partial charge on any atom is 0.153 e. The van der Waals surface area contributed by atoms with E-state index in [1.54, 1.807) is 18.6 Å². The van der Waals surface area contributed by atoms with Crippen LogP contribution < -0.4 is 10.5 Å². The monoisotopic (exact) mass is 315 g/mol. The van der Waals surface area contributed by atoms with Gasteiger partial charge in [0.05, 0.1) is 6.20 Å². The van der Waals surface area contributed by atoms with E-state index in [0.29, 0.717) is 17.2 Å². The van der Waals surface area contributed by atoms with Crippen molar-refractivity contribution in [3.63, 3.8) is 0 Å². The molecule has 2 N–H and O–H groups in total. The lowest BCUT2D eigenvalue weighted by Gasteiger charge is -2.09. The summed E-state index contributed by atoms with van der Waals surface area (Å²) in [5.74, 6) is 1.32. The number of halogens is 1. The first-order valence-corrected chi connectivity index (χ1v) is 6.45. The molecule has 0 atom stereocenters. The molecule has 3 rings (SSSR count). The van der Waals surface area contributed by atoms with Crippen molar-refractivity contribution >= 4 is 32.5 Å². The number of nitrogen functional groups attached to an aromatic ring is 1. The second-order valence-electron chi connectivity index (χ2n) is 3.99. The van der Waals surface area contributed by atoms with Crippen molar-refractivity contribution in [1.82, 2.24) is 9.97 Å². The van der Waals surface area contributed by atoms with Crippen LogP contribution in [-0.4, -0.2) is 9.97 Å². The van der Waals surface area contributed by atoms with E-state index in [4.69, 9.17) is 10.5 Å². The van der Waals surface area contributed by atoms with Gasteiger partial charge >= 0.3 is 0 Å². The van der Waals surface area contributed by atoms with Gasteiger partial charge in [-0.2, -0.15) is 0 Å². The van der Waals surface area contributed by atoms with Gasteiger partial charge in [-0.3, -0.25) is 9.97 Å². The molecule has 0 aliphatic carbocycles. The van der Waals surface area contributed by atoms with E-state index in [0.717, 1.165) is 15.4 Å². The third kappa shape index (κ3) is 2.37. The van der Waals surface area contributed by atoms with Gasteiger partial charge in [0.1, 0.15) is 11.3 Å². The van der Waals surface area contributed by atoms with Gasteiger partial charge in [0, 0.05) is 27.9 Å². The molecule has 0 aliphatic heterocycles. The Labute approximate surface area is 118 Å². The summed E-state index contributed by atoms with van der Waals surface area (Å²) in [7, 11) is 0. The molecule has 0 radical (unpaired) electrons. The van der Waals surface area contributed by atoms with Gasteiger partial charge in [-0.15, -0.1) is 0 Å².